The highest BCUT2D eigenvalue weighted by atomic mass is 19.1. The topological polar surface area (TPSA) is 36.9 Å². The van der Waals surface area contributed by atoms with E-state index in [9.17, 15) is 8.78 Å². The summed E-state index contributed by atoms with van der Waals surface area (Å²) < 4.78 is 32.5. The summed E-state index contributed by atoms with van der Waals surface area (Å²) >= 11 is 0. The van der Waals surface area contributed by atoms with Crippen LogP contribution in [-0.2, 0) is 6.42 Å². The lowest BCUT2D eigenvalue weighted by Gasteiger charge is -2.34. The van der Waals surface area contributed by atoms with Crippen molar-refractivity contribution in [2.24, 2.45) is 4.99 Å². The van der Waals surface area contributed by atoms with Crippen LogP contribution in [-0.4, -0.2) is 43.6 Å². The monoisotopic (exact) mass is 373 g/mol. The second-order valence-electron chi connectivity index (χ2n) is 6.62. The van der Waals surface area contributed by atoms with Crippen molar-refractivity contribution < 1.29 is 13.5 Å². The van der Waals surface area contributed by atoms with Crippen LogP contribution in [0.4, 0.5) is 8.78 Å². The number of rotatable bonds is 5. The maximum Gasteiger partial charge on any atom is 0.193 e. The van der Waals surface area contributed by atoms with Crippen LogP contribution in [0.15, 0.2) is 53.5 Å². The van der Waals surface area contributed by atoms with E-state index in [0.717, 1.165) is 43.7 Å². The minimum absolute atomic E-state index is 0.206. The Hall–Kier alpha value is -2.63. The zero-order chi connectivity index (χ0) is 19.1. The fourth-order valence-electron chi connectivity index (χ4n) is 3.28. The summed E-state index contributed by atoms with van der Waals surface area (Å²) in [5, 5.41) is 3.28. The van der Waals surface area contributed by atoms with E-state index in [1.54, 1.807) is 7.05 Å². The van der Waals surface area contributed by atoms with Gasteiger partial charge >= 0.3 is 0 Å². The number of ether oxygens (including phenoxy) is 1. The molecule has 2 aromatic rings. The van der Waals surface area contributed by atoms with Crippen LogP contribution in [0, 0.1) is 11.6 Å². The lowest BCUT2D eigenvalue weighted by atomic mass is 10.1. The molecule has 1 saturated heterocycles. The Morgan fingerprint density at radius 3 is 2.41 bits per heavy atom. The molecule has 1 aliphatic heterocycles. The van der Waals surface area contributed by atoms with Gasteiger partial charge in [0, 0.05) is 45.6 Å². The molecule has 0 bridgehead atoms. The molecule has 27 heavy (non-hydrogen) atoms. The zero-order valence-corrected chi connectivity index (χ0v) is 15.5. The Labute approximate surface area is 158 Å². The van der Waals surface area contributed by atoms with Gasteiger partial charge in [0.25, 0.3) is 0 Å². The molecule has 3 rings (SSSR count). The molecule has 1 N–H and O–H groups in total. The van der Waals surface area contributed by atoms with Crippen molar-refractivity contribution in [3.8, 4) is 5.75 Å². The van der Waals surface area contributed by atoms with Gasteiger partial charge in [-0.15, -0.1) is 0 Å². The van der Waals surface area contributed by atoms with Gasteiger partial charge in [-0.25, -0.2) is 8.78 Å². The molecule has 144 valence electrons. The highest BCUT2D eigenvalue weighted by molar-refractivity contribution is 5.80. The van der Waals surface area contributed by atoms with Crippen molar-refractivity contribution in [3.63, 3.8) is 0 Å². The summed E-state index contributed by atoms with van der Waals surface area (Å²) in [5.74, 6) is 0.621. The van der Waals surface area contributed by atoms with Gasteiger partial charge in [0.05, 0.1) is 0 Å². The molecule has 0 aromatic heterocycles. The van der Waals surface area contributed by atoms with E-state index in [1.807, 2.05) is 30.3 Å². The van der Waals surface area contributed by atoms with Crippen molar-refractivity contribution in [2.75, 3.05) is 26.7 Å². The summed E-state index contributed by atoms with van der Waals surface area (Å²) in [6.45, 7) is 2.27. The molecule has 0 aliphatic carbocycles. The van der Waals surface area contributed by atoms with Crippen LogP contribution in [0.1, 0.15) is 18.4 Å². The van der Waals surface area contributed by atoms with Crippen LogP contribution < -0.4 is 10.1 Å². The molecule has 1 fully saturated rings. The number of para-hydroxylation sites is 1. The summed E-state index contributed by atoms with van der Waals surface area (Å²) in [6, 6.07) is 13.5. The molecule has 2 aromatic carbocycles. The molecule has 0 saturated carbocycles. The van der Waals surface area contributed by atoms with Gasteiger partial charge < -0.3 is 15.0 Å². The Bertz CT molecular complexity index is 739. The Morgan fingerprint density at radius 1 is 1.11 bits per heavy atom. The Morgan fingerprint density at radius 2 is 1.78 bits per heavy atom. The van der Waals surface area contributed by atoms with E-state index < -0.39 is 11.6 Å². The van der Waals surface area contributed by atoms with Gasteiger partial charge in [-0.1, -0.05) is 18.2 Å². The normalized spacial score (nSPS) is 15.7. The van der Waals surface area contributed by atoms with Crippen LogP contribution in [0.25, 0.3) is 0 Å². The van der Waals surface area contributed by atoms with Crippen molar-refractivity contribution in [3.05, 3.63) is 65.7 Å². The van der Waals surface area contributed by atoms with Gasteiger partial charge in [-0.2, -0.15) is 0 Å². The first kappa shape index (κ1) is 19.1. The lowest BCUT2D eigenvalue weighted by molar-refractivity contribution is 0.129. The van der Waals surface area contributed by atoms with Crippen LogP contribution in [0.5, 0.6) is 5.75 Å². The van der Waals surface area contributed by atoms with Gasteiger partial charge in [0.1, 0.15) is 23.5 Å². The first-order chi connectivity index (χ1) is 13.1. The predicted molar refractivity (Wildman–Crippen MR) is 103 cm³/mol. The summed E-state index contributed by atoms with van der Waals surface area (Å²) in [5.41, 5.74) is 0.630. The van der Waals surface area contributed by atoms with Gasteiger partial charge in [-0.3, -0.25) is 4.99 Å². The smallest absolute Gasteiger partial charge is 0.193 e. The van der Waals surface area contributed by atoms with Gasteiger partial charge in [-0.05, 0) is 36.2 Å². The van der Waals surface area contributed by atoms with E-state index in [4.69, 9.17) is 4.74 Å². The third-order valence-corrected chi connectivity index (χ3v) is 4.62. The van der Waals surface area contributed by atoms with Crippen molar-refractivity contribution in [1.29, 1.82) is 0 Å². The molecule has 6 heteroatoms. The molecule has 1 aliphatic rings. The zero-order valence-electron chi connectivity index (χ0n) is 15.5. The summed E-state index contributed by atoms with van der Waals surface area (Å²) in [4.78, 5) is 6.52. The van der Waals surface area contributed by atoms with E-state index in [0.29, 0.717) is 18.5 Å². The van der Waals surface area contributed by atoms with E-state index >= 15 is 0 Å². The standard InChI is InChI=1S/C21H25F2N3O/c1-24-21(25-10-7-16-13-17(22)15-18(23)14-16)26-11-8-20(9-12-26)27-19-5-3-2-4-6-19/h2-6,13-15,20H,7-12H2,1H3,(H,24,25). The molecule has 0 radical (unpaired) electrons. The number of likely N-dealkylation sites (tertiary alicyclic amines) is 1. The number of hydrogen-bond acceptors (Lipinski definition) is 2. The summed E-state index contributed by atoms with van der Waals surface area (Å²) in [7, 11) is 1.75. The number of guanidine groups is 1. The highest BCUT2D eigenvalue weighted by Gasteiger charge is 2.22. The van der Waals surface area contributed by atoms with Crippen molar-refractivity contribution >= 4 is 5.96 Å². The van der Waals surface area contributed by atoms with E-state index in [1.165, 1.54) is 12.1 Å². The van der Waals surface area contributed by atoms with Crippen molar-refractivity contribution in [2.45, 2.75) is 25.4 Å². The van der Waals surface area contributed by atoms with Crippen LogP contribution in [0.3, 0.4) is 0 Å². The molecule has 0 atom stereocenters. The van der Waals surface area contributed by atoms with Crippen LogP contribution in [0.2, 0.25) is 0 Å². The first-order valence-corrected chi connectivity index (χ1v) is 9.26. The molecule has 4 nitrogen and oxygen atoms in total. The molecular weight excluding hydrogens is 348 g/mol. The number of benzene rings is 2. The van der Waals surface area contributed by atoms with Crippen LogP contribution >= 0.6 is 0 Å². The Kier molecular flexibility index (Phi) is 6.63. The second kappa shape index (κ2) is 9.35. The third kappa shape index (κ3) is 5.67. The number of aliphatic imine (C=N–C) groups is 1. The molecule has 0 spiro atoms. The maximum absolute atomic E-state index is 13.3. The average Bonchev–Trinajstić information content (AvgIpc) is 2.66. The summed E-state index contributed by atoms with van der Waals surface area (Å²) in [6.07, 6.45) is 2.58. The molecule has 1 heterocycles. The molecular formula is C21H25F2N3O. The van der Waals surface area contributed by atoms with Gasteiger partial charge in [0.2, 0.25) is 0 Å². The van der Waals surface area contributed by atoms with E-state index in [-0.39, 0.29) is 6.10 Å². The number of nitrogens with zero attached hydrogens (tertiary/aromatic N) is 2. The fourth-order valence-corrected chi connectivity index (χ4v) is 3.28. The van der Waals surface area contributed by atoms with Gasteiger partial charge in [0.15, 0.2) is 5.96 Å². The number of nitrogens with one attached hydrogen (secondary N) is 1. The van der Waals surface area contributed by atoms with E-state index in [2.05, 4.69) is 15.2 Å². The quantitative estimate of drug-likeness (QED) is 0.642. The van der Waals surface area contributed by atoms with Crippen molar-refractivity contribution in [1.82, 2.24) is 10.2 Å². The first-order valence-electron chi connectivity index (χ1n) is 9.26. The lowest BCUT2D eigenvalue weighted by Crippen LogP contribution is -2.47. The number of halogens is 2. The third-order valence-electron chi connectivity index (χ3n) is 4.62. The number of hydrogen-bond donors (Lipinski definition) is 1. The highest BCUT2D eigenvalue weighted by Crippen LogP contribution is 2.18. The Balaban J connectivity index is 1.45. The SMILES string of the molecule is CN=C(NCCc1cc(F)cc(F)c1)N1CCC(Oc2ccccc2)CC1. The maximum atomic E-state index is 13.3. The largest absolute Gasteiger partial charge is 0.490 e. The molecule has 0 unspecified atom stereocenters. The minimum atomic E-state index is -0.546. The second-order valence-corrected chi connectivity index (χ2v) is 6.62. The molecule has 0 amide bonds. The minimum Gasteiger partial charge on any atom is -0.490 e. The predicted octanol–water partition coefficient (Wildman–Crippen LogP) is 3.63. The average molecular weight is 373 g/mol. The fraction of sp³-hybridized carbons (Fsp3) is 0.381. The number of piperidine rings is 1.